The summed E-state index contributed by atoms with van der Waals surface area (Å²) in [5, 5.41) is 10.7. The maximum atomic E-state index is 10.7. The van der Waals surface area contributed by atoms with Gasteiger partial charge in [-0.3, -0.25) is 10.1 Å². The molecule has 2 rings (SSSR count). The first-order valence-electron chi connectivity index (χ1n) is 6.79. The van der Waals surface area contributed by atoms with Crippen molar-refractivity contribution in [2.24, 2.45) is 5.73 Å². The van der Waals surface area contributed by atoms with Crippen LogP contribution < -0.4 is 10.5 Å². The Kier molecular flexibility index (Phi) is 4.55. The number of hydrogen-bond acceptors (Lipinski definition) is 4. The highest BCUT2D eigenvalue weighted by Gasteiger charge is 2.10. The van der Waals surface area contributed by atoms with Crippen LogP contribution in [0.25, 0.3) is 0 Å². The highest BCUT2D eigenvalue weighted by molar-refractivity contribution is 5.45. The smallest absolute Gasteiger partial charge is 0.269 e. The fourth-order valence-electron chi connectivity index (χ4n) is 2.03. The van der Waals surface area contributed by atoms with Gasteiger partial charge in [0.05, 0.1) is 4.92 Å². The average molecular weight is 286 g/mol. The molecule has 21 heavy (non-hydrogen) atoms. The largest absolute Gasteiger partial charge is 0.457 e. The molecular formula is C16H18N2O3. The number of non-ortho nitro benzene ring substituents is 1. The first-order valence-corrected chi connectivity index (χ1v) is 6.79. The number of aryl methyl sites for hydroxylation is 1. The Balaban J connectivity index is 2.24. The lowest BCUT2D eigenvalue weighted by Crippen LogP contribution is -2.08. The van der Waals surface area contributed by atoms with E-state index in [2.05, 4.69) is 0 Å². The first-order chi connectivity index (χ1) is 10.0. The average Bonchev–Trinajstić information content (AvgIpc) is 2.48. The van der Waals surface area contributed by atoms with E-state index in [1.54, 1.807) is 13.0 Å². The van der Waals surface area contributed by atoms with E-state index in [0.29, 0.717) is 11.5 Å². The third-order valence-corrected chi connectivity index (χ3v) is 3.32. The van der Waals surface area contributed by atoms with Crippen molar-refractivity contribution in [3.05, 3.63) is 63.7 Å². The minimum atomic E-state index is -0.419. The lowest BCUT2D eigenvalue weighted by Gasteiger charge is -2.12. The summed E-state index contributed by atoms with van der Waals surface area (Å²) in [6.45, 7) is 3.81. The van der Waals surface area contributed by atoms with E-state index in [0.717, 1.165) is 17.5 Å². The Morgan fingerprint density at radius 3 is 2.67 bits per heavy atom. The van der Waals surface area contributed by atoms with Crippen LogP contribution in [-0.2, 0) is 0 Å². The number of hydrogen-bond donors (Lipinski definition) is 1. The second-order valence-corrected chi connectivity index (χ2v) is 4.90. The zero-order valence-corrected chi connectivity index (χ0v) is 12.1. The van der Waals surface area contributed by atoms with E-state index >= 15 is 0 Å². The molecule has 2 N–H and O–H groups in total. The van der Waals surface area contributed by atoms with E-state index in [-0.39, 0.29) is 11.7 Å². The number of nitrogens with zero attached hydrogens (tertiary/aromatic N) is 1. The molecule has 0 saturated heterocycles. The molecule has 2 aromatic rings. The molecule has 1 unspecified atom stereocenters. The van der Waals surface area contributed by atoms with Crippen LogP contribution in [0, 0.1) is 17.0 Å². The van der Waals surface area contributed by atoms with E-state index < -0.39 is 4.92 Å². The fourth-order valence-corrected chi connectivity index (χ4v) is 2.03. The maximum Gasteiger partial charge on any atom is 0.269 e. The molecule has 0 bridgehead atoms. The molecule has 0 radical (unpaired) electrons. The number of nitro groups is 1. The SMILES string of the molecule is CCC(N)c1cccc(Oc2ccc([N+](=O)[O-])cc2C)c1. The van der Waals surface area contributed by atoms with Crippen molar-refractivity contribution in [3.63, 3.8) is 0 Å². The Labute approximate surface area is 123 Å². The summed E-state index contributed by atoms with van der Waals surface area (Å²) >= 11 is 0. The van der Waals surface area contributed by atoms with Crippen LogP contribution in [0.2, 0.25) is 0 Å². The van der Waals surface area contributed by atoms with Gasteiger partial charge >= 0.3 is 0 Å². The Morgan fingerprint density at radius 2 is 2.05 bits per heavy atom. The second kappa shape index (κ2) is 6.37. The molecule has 2 aromatic carbocycles. The Hall–Kier alpha value is -2.40. The predicted octanol–water partition coefficient (Wildman–Crippen LogP) is 4.11. The zero-order valence-electron chi connectivity index (χ0n) is 12.1. The lowest BCUT2D eigenvalue weighted by molar-refractivity contribution is -0.384. The molecule has 0 saturated carbocycles. The first kappa shape index (κ1) is 15.0. The van der Waals surface area contributed by atoms with Crippen LogP contribution in [0.3, 0.4) is 0 Å². The standard InChI is InChI=1S/C16H18N2O3/c1-3-15(17)12-5-4-6-14(10-12)21-16-8-7-13(18(19)20)9-11(16)2/h4-10,15H,3,17H2,1-2H3. The van der Waals surface area contributed by atoms with E-state index in [4.69, 9.17) is 10.5 Å². The molecule has 5 nitrogen and oxygen atoms in total. The van der Waals surface area contributed by atoms with Gasteiger partial charge in [0, 0.05) is 18.2 Å². The lowest BCUT2D eigenvalue weighted by atomic mass is 10.1. The van der Waals surface area contributed by atoms with Gasteiger partial charge in [-0.15, -0.1) is 0 Å². The molecule has 1 atom stereocenters. The van der Waals surface area contributed by atoms with Gasteiger partial charge in [-0.05, 0) is 42.7 Å². The molecule has 0 fully saturated rings. The van der Waals surface area contributed by atoms with Gasteiger partial charge in [-0.25, -0.2) is 0 Å². The zero-order chi connectivity index (χ0) is 15.4. The number of nitro benzene ring substituents is 1. The van der Waals surface area contributed by atoms with Crippen molar-refractivity contribution in [1.82, 2.24) is 0 Å². The number of benzene rings is 2. The normalized spacial score (nSPS) is 12.0. The van der Waals surface area contributed by atoms with Crippen LogP contribution in [0.5, 0.6) is 11.5 Å². The van der Waals surface area contributed by atoms with Gasteiger partial charge < -0.3 is 10.5 Å². The summed E-state index contributed by atoms with van der Waals surface area (Å²) in [5.41, 5.74) is 7.79. The highest BCUT2D eigenvalue weighted by atomic mass is 16.6. The quantitative estimate of drug-likeness (QED) is 0.662. The highest BCUT2D eigenvalue weighted by Crippen LogP contribution is 2.29. The second-order valence-electron chi connectivity index (χ2n) is 4.90. The van der Waals surface area contributed by atoms with Crippen LogP contribution in [0.15, 0.2) is 42.5 Å². The third kappa shape index (κ3) is 3.58. The molecular weight excluding hydrogens is 268 g/mol. The van der Waals surface area contributed by atoms with Gasteiger partial charge in [0.2, 0.25) is 0 Å². The number of ether oxygens (including phenoxy) is 1. The molecule has 110 valence electrons. The predicted molar refractivity (Wildman–Crippen MR) is 81.6 cm³/mol. The van der Waals surface area contributed by atoms with Crippen LogP contribution in [0.4, 0.5) is 5.69 Å². The number of nitrogens with two attached hydrogens (primary N) is 1. The van der Waals surface area contributed by atoms with Crippen molar-refractivity contribution < 1.29 is 9.66 Å². The van der Waals surface area contributed by atoms with Crippen LogP contribution in [0.1, 0.15) is 30.5 Å². The van der Waals surface area contributed by atoms with Crippen molar-refractivity contribution >= 4 is 5.69 Å². The van der Waals surface area contributed by atoms with E-state index in [9.17, 15) is 10.1 Å². The molecule has 0 aliphatic rings. The molecule has 0 heterocycles. The minimum Gasteiger partial charge on any atom is -0.457 e. The summed E-state index contributed by atoms with van der Waals surface area (Å²) < 4.78 is 5.80. The maximum absolute atomic E-state index is 10.7. The minimum absolute atomic E-state index is 0.0218. The van der Waals surface area contributed by atoms with Gasteiger partial charge in [0.15, 0.2) is 0 Å². The third-order valence-electron chi connectivity index (χ3n) is 3.32. The molecule has 0 aliphatic heterocycles. The van der Waals surface area contributed by atoms with Crippen molar-refractivity contribution in [2.75, 3.05) is 0 Å². The molecule has 0 amide bonds. The van der Waals surface area contributed by atoms with Crippen molar-refractivity contribution in [1.29, 1.82) is 0 Å². The molecule has 0 aromatic heterocycles. The Morgan fingerprint density at radius 1 is 1.29 bits per heavy atom. The fraction of sp³-hybridized carbons (Fsp3) is 0.250. The van der Waals surface area contributed by atoms with Gasteiger partial charge in [0.1, 0.15) is 11.5 Å². The van der Waals surface area contributed by atoms with E-state index in [1.807, 2.05) is 31.2 Å². The van der Waals surface area contributed by atoms with Gasteiger partial charge in [-0.1, -0.05) is 19.1 Å². The summed E-state index contributed by atoms with van der Waals surface area (Å²) in [4.78, 5) is 10.3. The van der Waals surface area contributed by atoms with Crippen LogP contribution >= 0.6 is 0 Å². The summed E-state index contributed by atoms with van der Waals surface area (Å²) in [6, 6.07) is 12.1. The summed E-state index contributed by atoms with van der Waals surface area (Å²) in [5.74, 6) is 1.27. The van der Waals surface area contributed by atoms with Gasteiger partial charge in [0.25, 0.3) is 5.69 Å². The number of rotatable bonds is 5. The van der Waals surface area contributed by atoms with Crippen molar-refractivity contribution in [3.8, 4) is 11.5 Å². The summed E-state index contributed by atoms with van der Waals surface area (Å²) in [7, 11) is 0. The molecule has 5 heteroatoms. The molecule has 0 aliphatic carbocycles. The van der Waals surface area contributed by atoms with E-state index in [1.165, 1.54) is 12.1 Å². The van der Waals surface area contributed by atoms with Gasteiger partial charge in [-0.2, -0.15) is 0 Å². The summed E-state index contributed by atoms with van der Waals surface area (Å²) in [6.07, 6.45) is 0.847. The topological polar surface area (TPSA) is 78.4 Å². The van der Waals surface area contributed by atoms with Crippen LogP contribution in [-0.4, -0.2) is 4.92 Å². The Bertz CT molecular complexity index is 656. The monoisotopic (exact) mass is 286 g/mol. The van der Waals surface area contributed by atoms with Crippen molar-refractivity contribution in [2.45, 2.75) is 26.3 Å². The molecule has 0 spiro atoms.